The molecule has 0 saturated carbocycles. The smallest absolute Gasteiger partial charge is 0.191 e. The van der Waals surface area contributed by atoms with Gasteiger partial charge in [-0.1, -0.05) is 0 Å². The zero-order valence-corrected chi connectivity index (χ0v) is 18.2. The number of nitrogens with one attached hydrogen (secondary N) is 2. The lowest BCUT2D eigenvalue weighted by Gasteiger charge is -2.24. The third-order valence-corrected chi connectivity index (χ3v) is 4.65. The Morgan fingerprint density at radius 2 is 2.08 bits per heavy atom. The molecule has 1 aromatic heterocycles. The molecule has 2 heterocycles. The van der Waals surface area contributed by atoms with Crippen LogP contribution in [0.4, 0.5) is 0 Å². The summed E-state index contributed by atoms with van der Waals surface area (Å²) in [6.45, 7) is 8.90. The molecule has 0 radical (unpaired) electrons. The van der Waals surface area contributed by atoms with Crippen LogP contribution in [0.15, 0.2) is 21.5 Å². The van der Waals surface area contributed by atoms with E-state index in [4.69, 9.17) is 9.41 Å². The van der Waals surface area contributed by atoms with Gasteiger partial charge in [0.1, 0.15) is 11.5 Å². The second kappa shape index (κ2) is 12.0. The SMILES string of the molecule is CCNC(=NCC(c1ccc(C)o1)N1CCCC1)NCCSC.I. The Kier molecular flexibility index (Phi) is 10.8. The molecule has 1 saturated heterocycles. The van der Waals surface area contributed by atoms with Crippen LogP contribution in [0.2, 0.25) is 0 Å². The molecule has 1 fully saturated rings. The summed E-state index contributed by atoms with van der Waals surface area (Å²) in [5.74, 6) is 3.98. The Balaban J connectivity index is 0.00000288. The summed E-state index contributed by atoms with van der Waals surface area (Å²) < 4.78 is 5.89. The molecule has 0 amide bonds. The first-order valence-corrected chi connectivity index (χ1v) is 9.95. The highest BCUT2D eigenvalue weighted by atomic mass is 127. The monoisotopic (exact) mass is 466 g/mol. The molecule has 0 aromatic carbocycles. The second-order valence-corrected chi connectivity index (χ2v) is 6.83. The zero-order valence-electron chi connectivity index (χ0n) is 15.0. The maximum absolute atomic E-state index is 5.89. The van der Waals surface area contributed by atoms with E-state index in [2.05, 4.69) is 34.8 Å². The van der Waals surface area contributed by atoms with Crippen molar-refractivity contribution in [1.29, 1.82) is 0 Å². The Morgan fingerprint density at radius 3 is 2.67 bits per heavy atom. The highest BCUT2D eigenvalue weighted by molar-refractivity contribution is 14.0. The summed E-state index contributed by atoms with van der Waals surface area (Å²) in [6.07, 6.45) is 4.66. The lowest BCUT2D eigenvalue weighted by molar-refractivity contribution is 0.219. The van der Waals surface area contributed by atoms with E-state index in [1.807, 2.05) is 24.8 Å². The van der Waals surface area contributed by atoms with Crippen LogP contribution in [-0.2, 0) is 0 Å². The van der Waals surface area contributed by atoms with Gasteiger partial charge in [-0.2, -0.15) is 11.8 Å². The van der Waals surface area contributed by atoms with Gasteiger partial charge in [-0.3, -0.25) is 9.89 Å². The highest BCUT2D eigenvalue weighted by Crippen LogP contribution is 2.26. The molecule has 0 aliphatic carbocycles. The maximum Gasteiger partial charge on any atom is 0.191 e. The molecule has 1 aromatic rings. The summed E-state index contributed by atoms with van der Waals surface area (Å²) in [5.41, 5.74) is 0. The van der Waals surface area contributed by atoms with Crippen molar-refractivity contribution in [2.75, 3.05) is 44.7 Å². The third-order valence-electron chi connectivity index (χ3n) is 4.04. The van der Waals surface area contributed by atoms with E-state index in [1.54, 1.807) is 0 Å². The Morgan fingerprint density at radius 1 is 1.33 bits per heavy atom. The summed E-state index contributed by atoms with van der Waals surface area (Å²) >= 11 is 1.84. The number of halogens is 1. The highest BCUT2D eigenvalue weighted by Gasteiger charge is 2.25. The van der Waals surface area contributed by atoms with Gasteiger partial charge in [0.2, 0.25) is 0 Å². The van der Waals surface area contributed by atoms with Crippen molar-refractivity contribution in [2.24, 2.45) is 4.99 Å². The number of thioether (sulfide) groups is 1. The molecule has 5 nitrogen and oxygen atoms in total. The number of aryl methyl sites for hydroxylation is 1. The first-order valence-electron chi connectivity index (χ1n) is 8.56. The molecular weight excluding hydrogens is 435 g/mol. The first-order chi connectivity index (χ1) is 11.2. The predicted molar refractivity (Wildman–Crippen MR) is 115 cm³/mol. The molecule has 1 aliphatic rings. The fourth-order valence-corrected chi connectivity index (χ4v) is 3.17. The van der Waals surface area contributed by atoms with Crippen molar-refractivity contribution < 1.29 is 4.42 Å². The largest absolute Gasteiger partial charge is 0.465 e. The quantitative estimate of drug-likeness (QED) is 0.267. The van der Waals surface area contributed by atoms with Gasteiger partial charge in [-0.25, -0.2) is 0 Å². The Hall–Kier alpha value is -0.410. The molecule has 2 rings (SSSR count). The van der Waals surface area contributed by atoms with Crippen molar-refractivity contribution in [3.63, 3.8) is 0 Å². The van der Waals surface area contributed by atoms with Gasteiger partial charge >= 0.3 is 0 Å². The lowest BCUT2D eigenvalue weighted by atomic mass is 10.2. The van der Waals surface area contributed by atoms with E-state index < -0.39 is 0 Å². The number of likely N-dealkylation sites (tertiary alicyclic amines) is 1. The number of furan rings is 1. The lowest BCUT2D eigenvalue weighted by Crippen LogP contribution is -2.39. The molecular formula is C17H31IN4OS. The predicted octanol–water partition coefficient (Wildman–Crippen LogP) is 3.26. The Labute approximate surface area is 167 Å². The number of hydrogen-bond donors (Lipinski definition) is 2. The van der Waals surface area contributed by atoms with Crippen molar-refractivity contribution in [3.8, 4) is 0 Å². The molecule has 1 atom stereocenters. The molecule has 0 spiro atoms. The molecule has 2 N–H and O–H groups in total. The van der Waals surface area contributed by atoms with Crippen LogP contribution in [0.3, 0.4) is 0 Å². The molecule has 1 aliphatic heterocycles. The number of aliphatic imine (C=N–C) groups is 1. The number of hydrogen-bond acceptors (Lipinski definition) is 4. The average molecular weight is 466 g/mol. The zero-order chi connectivity index (χ0) is 16.5. The van der Waals surface area contributed by atoms with Gasteiger partial charge in [0.05, 0.1) is 12.6 Å². The minimum atomic E-state index is 0. The third kappa shape index (κ3) is 6.84. The van der Waals surface area contributed by atoms with Crippen LogP contribution >= 0.6 is 35.7 Å². The van der Waals surface area contributed by atoms with Gasteiger partial charge in [0.25, 0.3) is 0 Å². The maximum atomic E-state index is 5.89. The van der Waals surface area contributed by atoms with Crippen molar-refractivity contribution in [3.05, 3.63) is 23.7 Å². The van der Waals surface area contributed by atoms with Gasteiger partial charge in [0, 0.05) is 18.8 Å². The molecule has 7 heteroatoms. The summed E-state index contributed by atoms with van der Waals surface area (Å²) in [4.78, 5) is 7.29. The molecule has 24 heavy (non-hydrogen) atoms. The molecule has 0 bridgehead atoms. The van der Waals surface area contributed by atoms with Crippen molar-refractivity contribution in [1.82, 2.24) is 15.5 Å². The van der Waals surface area contributed by atoms with Crippen LogP contribution in [0, 0.1) is 6.92 Å². The number of rotatable bonds is 8. The van der Waals surface area contributed by atoms with E-state index in [0.717, 1.165) is 56.0 Å². The second-order valence-electron chi connectivity index (χ2n) is 5.85. The summed E-state index contributed by atoms with van der Waals surface area (Å²) in [5, 5.41) is 6.72. The number of guanidine groups is 1. The van der Waals surface area contributed by atoms with Crippen molar-refractivity contribution in [2.45, 2.75) is 32.7 Å². The van der Waals surface area contributed by atoms with Gasteiger partial charge in [-0.05, 0) is 58.2 Å². The van der Waals surface area contributed by atoms with Crippen molar-refractivity contribution >= 4 is 41.7 Å². The standard InChI is InChI=1S/C17H30N4OS.HI/c1-4-18-17(19-9-12-23-3)20-13-15(21-10-5-6-11-21)16-8-7-14(2)22-16;/h7-8,15H,4-6,9-13H2,1-3H3,(H2,18,19,20);1H. The first kappa shape index (κ1) is 21.6. The molecule has 138 valence electrons. The average Bonchev–Trinajstić information content (AvgIpc) is 3.20. The van der Waals surface area contributed by atoms with E-state index in [1.165, 1.54) is 12.8 Å². The van der Waals surface area contributed by atoms with Gasteiger partial charge < -0.3 is 15.1 Å². The van der Waals surface area contributed by atoms with Gasteiger partial charge in [0.15, 0.2) is 5.96 Å². The topological polar surface area (TPSA) is 52.8 Å². The summed E-state index contributed by atoms with van der Waals surface area (Å²) in [7, 11) is 0. The van der Waals surface area contributed by atoms with E-state index >= 15 is 0 Å². The van der Waals surface area contributed by atoms with Crippen LogP contribution < -0.4 is 10.6 Å². The van der Waals surface area contributed by atoms with Gasteiger partial charge in [-0.15, -0.1) is 24.0 Å². The van der Waals surface area contributed by atoms with Crippen LogP contribution in [0.25, 0.3) is 0 Å². The fourth-order valence-electron chi connectivity index (χ4n) is 2.86. The van der Waals surface area contributed by atoms with Crippen LogP contribution in [0.1, 0.15) is 37.3 Å². The van der Waals surface area contributed by atoms with Crippen LogP contribution in [0.5, 0.6) is 0 Å². The normalized spacial score (nSPS) is 16.7. The van der Waals surface area contributed by atoms with E-state index in [0.29, 0.717) is 0 Å². The van der Waals surface area contributed by atoms with E-state index in [9.17, 15) is 0 Å². The molecule has 1 unspecified atom stereocenters. The van der Waals surface area contributed by atoms with Crippen LogP contribution in [-0.4, -0.2) is 55.6 Å². The minimum Gasteiger partial charge on any atom is -0.465 e. The van der Waals surface area contributed by atoms with E-state index in [-0.39, 0.29) is 30.0 Å². The summed E-state index contributed by atoms with van der Waals surface area (Å²) in [6, 6.07) is 4.38. The Bertz CT molecular complexity index is 489. The minimum absolute atomic E-state index is 0. The number of nitrogens with zero attached hydrogens (tertiary/aromatic N) is 2. The fraction of sp³-hybridized carbons (Fsp3) is 0.706.